The van der Waals surface area contributed by atoms with Gasteiger partial charge in [0, 0.05) is 17.8 Å². The molecule has 7 heteroatoms. The van der Waals surface area contributed by atoms with Crippen LogP contribution >= 0.6 is 0 Å². The van der Waals surface area contributed by atoms with Gasteiger partial charge in [0.05, 0.1) is 5.56 Å². The molecular formula is C21H24F3N3O. The minimum absolute atomic E-state index is 0.277. The number of aryl methyl sites for hydroxylation is 1. The van der Waals surface area contributed by atoms with Gasteiger partial charge in [-0.3, -0.25) is 0 Å². The fourth-order valence-corrected chi connectivity index (χ4v) is 2.83. The molecule has 150 valence electrons. The molecule has 1 aliphatic rings. The van der Waals surface area contributed by atoms with Crippen molar-refractivity contribution < 1.29 is 18.0 Å². The summed E-state index contributed by atoms with van der Waals surface area (Å²) in [5, 5.41) is 0. The van der Waals surface area contributed by atoms with Crippen LogP contribution in [0.15, 0.2) is 36.5 Å². The molecule has 2 heterocycles. The number of nitrogens with zero attached hydrogens (tertiary/aromatic N) is 3. The fourth-order valence-electron chi connectivity index (χ4n) is 2.83. The first-order valence-corrected chi connectivity index (χ1v) is 9.16. The zero-order valence-corrected chi connectivity index (χ0v) is 16.3. The van der Waals surface area contributed by atoms with E-state index in [-0.39, 0.29) is 6.04 Å². The van der Waals surface area contributed by atoms with Crippen molar-refractivity contribution in [2.24, 2.45) is 0 Å². The van der Waals surface area contributed by atoms with E-state index in [0.29, 0.717) is 17.0 Å². The van der Waals surface area contributed by atoms with E-state index in [1.807, 2.05) is 42.5 Å². The topological polar surface area (TPSA) is 47.8 Å². The van der Waals surface area contributed by atoms with Crippen LogP contribution in [0.4, 0.5) is 13.2 Å². The van der Waals surface area contributed by atoms with E-state index in [1.165, 1.54) is 6.42 Å². The maximum atomic E-state index is 12.9. The number of hydrogen-bond acceptors (Lipinski definition) is 3. The summed E-state index contributed by atoms with van der Waals surface area (Å²) in [5.41, 5.74) is 2.04. The molecule has 1 aromatic carbocycles. The monoisotopic (exact) mass is 391 g/mol. The lowest BCUT2D eigenvalue weighted by molar-refractivity contribution is -0.137. The second kappa shape index (κ2) is 8.99. The number of pyridine rings is 1. The Bertz CT molecular complexity index is 930. The van der Waals surface area contributed by atoms with Crippen molar-refractivity contribution in [3.63, 3.8) is 0 Å². The summed E-state index contributed by atoms with van der Waals surface area (Å²) in [6, 6.07) is 9.12. The largest absolute Gasteiger partial charge is 0.417 e. The number of carbonyl (C=O) groups is 1. The number of rotatable bonds is 2. The highest BCUT2D eigenvalue weighted by Crippen LogP contribution is 2.42. The number of carbonyl (C=O) groups excluding carboxylic acids is 1. The summed E-state index contributed by atoms with van der Waals surface area (Å²) < 4.78 is 40.7. The predicted molar refractivity (Wildman–Crippen MR) is 104 cm³/mol. The van der Waals surface area contributed by atoms with Crippen LogP contribution in [0.3, 0.4) is 0 Å². The Morgan fingerprint density at radius 2 is 1.79 bits per heavy atom. The smallest absolute Gasteiger partial charge is 0.307 e. The van der Waals surface area contributed by atoms with Crippen LogP contribution in [0, 0.1) is 6.92 Å². The molecule has 3 aromatic rings. The van der Waals surface area contributed by atoms with E-state index in [2.05, 4.69) is 23.8 Å². The molecule has 0 N–H and O–H groups in total. The first kappa shape index (κ1) is 21.6. The minimum Gasteiger partial charge on any atom is -0.307 e. The van der Waals surface area contributed by atoms with E-state index in [9.17, 15) is 13.2 Å². The molecular weight excluding hydrogens is 367 g/mol. The molecule has 0 spiro atoms. The van der Waals surface area contributed by atoms with Crippen molar-refractivity contribution in [2.45, 2.75) is 52.3 Å². The number of fused-ring (bicyclic) bond motifs is 1. The van der Waals surface area contributed by atoms with Gasteiger partial charge < -0.3 is 9.36 Å². The third-order valence-corrected chi connectivity index (χ3v) is 4.16. The molecule has 28 heavy (non-hydrogen) atoms. The SMILES string of the molecule is C=O.CCC.Cc1ccccc1-c1nc2cc(C(F)(F)F)cnc2n1C1CC1. The first-order chi connectivity index (χ1) is 13.4. The molecule has 4 rings (SSSR count). The van der Waals surface area contributed by atoms with Gasteiger partial charge in [-0.25, -0.2) is 9.97 Å². The number of aromatic nitrogens is 3. The van der Waals surface area contributed by atoms with Gasteiger partial charge in [0.15, 0.2) is 5.65 Å². The summed E-state index contributed by atoms with van der Waals surface area (Å²) >= 11 is 0. The van der Waals surface area contributed by atoms with Crippen molar-refractivity contribution in [3.8, 4) is 11.4 Å². The van der Waals surface area contributed by atoms with Gasteiger partial charge in [0.1, 0.15) is 18.1 Å². The van der Waals surface area contributed by atoms with Gasteiger partial charge in [-0.2, -0.15) is 13.2 Å². The van der Waals surface area contributed by atoms with Crippen molar-refractivity contribution in [1.29, 1.82) is 0 Å². The average molecular weight is 391 g/mol. The summed E-state index contributed by atoms with van der Waals surface area (Å²) in [6.45, 7) is 8.22. The van der Waals surface area contributed by atoms with Crippen LogP contribution in [0.25, 0.3) is 22.6 Å². The predicted octanol–water partition coefficient (Wildman–Crippen LogP) is 5.99. The molecule has 0 aliphatic heterocycles. The number of hydrogen-bond donors (Lipinski definition) is 0. The molecule has 0 bridgehead atoms. The van der Waals surface area contributed by atoms with Crippen LogP contribution in [0.2, 0.25) is 0 Å². The van der Waals surface area contributed by atoms with E-state index >= 15 is 0 Å². The quantitative estimate of drug-likeness (QED) is 0.539. The maximum Gasteiger partial charge on any atom is 0.417 e. The molecule has 0 amide bonds. The highest BCUT2D eigenvalue weighted by atomic mass is 19.4. The summed E-state index contributed by atoms with van der Waals surface area (Å²) in [4.78, 5) is 16.5. The zero-order valence-electron chi connectivity index (χ0n) is 16.3. The number of alkyl halides is 3. The van der Waals surface area contributed by atoms with Crippen molar-refractivity contribution in [2.75, 3.05) is 0 Å². The molecule has 0 radical (unpaired) electrons. The Morgan fingerprint density at radius 3 is 2.32 bits per heavy atom. The lowest BCUT2D eigenvalue weighted by Crippen LogP contribution is -2.06. The van der Waals surface area contributed by atoms with Crippen LogP contribution in [-0.2, 0) is 11.0 Å². The number of halogens is 3. The molecule has 4 nitrogen and oxygen atoms in total. The number of imidazole rings is 1. The van der Waals surface area contributed by atoms with Crippen LogP contribution in [0.5, 0.6) is 0 Å². The van der Waals surface area contributed by atoms with Gasteiger partial charge in [-0.05, 0) is 31.4 Å². The Morgan fingerprint density at radius 1 is 1.18 bits per heavy atom. The van der Waals surface area contributed by atoms with Gasteiger partial charge in [-0.15, -0.1) is 0 Å². The number of benzene rings is 1. The lowest BCUT2D eigenvalue weighted by atomic mass is 10.1. The standard InChI is InChI=1S/C17H14F3N3.C3H8.CH2O/c1-10-4-2-3-5-13(10)15-22-14-8-11(17(18,19)20)9-21-16(14)23(15)12-6-7-12;1-3-2;1-2/h2-5,8-9,12H,6-7H2,1H3;3H2,1-2H3;1H2. The van der Waals surface area contributed by atoms with Crippen LogP contribution in [0.1, 0.15) is 50.3 Å². The average Bonchev–Trinajstić information content (AvgIpc) is 3.43. The van der Waals surface area contributed by atoms with Crippen LogP contribution < -0.4 is 0 Å². The Balaban J connectivity index is 0.000000514. The molecule has 0 atom stereocenters. The van der Waals surface area contributed by atoms with Gasteiger partial charge in [-0.1, -0.05) is 44.5 Å². The second-order valence-electron chi connectivity index (χ2n) is 6.62. The van der Waals surface area contributed by atoms with E-state index in [1.54, 1.807) is 0 Å². The summed E-state index contributed by atoms with van der Waals surface area (Å²) in [7, 11) is 0. The van der Waals surface area contributed by atoms with E-state index in [0.717, 1.165) is 36.2 Å². The van der Waals surface area contributed by atoms with Crippen LogP contribution in [-0.4, -0.2) is 21.3 Å². The molecule has 0 saturated heterocycles. The van der Waals surface area contributed by atoms with Gasteiger partial charge in [0.25, 0.3) is 0 Å². The molecule has 1 aliphatic carbocycles. The summed E-state index contributed by atoms with van der Waals surface area (Å²) in [5.74, 6) is 0.701. The third kappa shape index (κ3) is 4.58. The zero-order chi connectivity index (χ0) is 20.9. The molecule has 0 unspecified atom stereocenters. The summed E-state index contributed by atoms with van der Waals surface area (Å²) in [6.07, 6.45) is -0.252. The van der Waals surface area contributed by atoms with Gasteiger partial charge >= 0.3 is 6.18 Å². The fraction of sp³-hybridized carbons (Fsp3) is 0.381. The highest BCUT2D eigenvalue weighted by Gasteiger charge is 2.34. The van der Waals surface area contributed by atoms with E-state index < -0.39 is 11.7 Å². The van der Waals surface area contributed by atoms with Crippen molar-refractivity contribution in [1.82, 2.24) is 14.5 Å². The third-order valence-electron chi connectivity index (χ3n) is 4.16. The van der Waals surface area contributed by atoms with E-state index in [4.69, 9.17) is 4.79 Å². The minimum atomic E-state index is -4.41. The normalized spacial score (nSPS) is 13.4. The Hall–Kier alpha value is -2.70. The molecule has 1 saturated carbocycles. The Labute approximate surface area is 162 Å². The Kier molecular flexibility index (Phi) is 6.94. The second-order valence-corrected chi connectivity index (χ2v) is 6.62. The van der Waals surface area contributed by atoms with Crippen molar-refractivity contribution >= 4 is 18.0 Å². The first-order valence-electron chi connectivity index (χ1n) is 9.16. The molecule has 1 fully saturated rings. The van der Waals surface area contributed by atoms with Gasteiger partial charge in [0.2, 0.25) is 0 Å². The highest BCUT2D eigenvalue weighted by molar-refractivity contribution is 5.79. The molecule has 2 aromatic heterocycles. The lowest BCUT2D eigenvalue weighted by Gasteiger charge is -2.09. The van der Waals surface area contributed by atoms with Crippen molar-refractivity contribution in [3.05, 3.63) is 47.7 Å². The maximum absolute atomic E-state index is 12.9.